The molecule has 0 bridgehead atoms. The lowest BCUT2D eigenvalue weighted by atomic mass is 10.1. The number of halogens is 2. The van der Waals surface area contributed by atoms with Gasteiger partial charge in [-0.25, -0.2) is 0 Å². The van der Waals surface area contributed by atoms with Crippen LogP contribution in [0, 0.1) is 0 Å². The van der Waals surface area contributed by atoms with Crippen LogP contribution < -0.4 is 10.5 Å². The van der Waals surface area contributed by atoms with Crippen LogP contribution in [-0.2, 0) is 0 Å². The first-order valence-corrected chi connectivity index (χ1v) is 5.14. The summed E-state index contributed by atoms with van der Waals surface area (Å²) in [5, 5.41) is 1.09. The Morgan fingerprint density at radius 3 is 2.50 bits per heavy atom. The van der Waals surface area contributed by atoms with E-state index in [9.17, 15) is 0 Å². The van der Waals surface area contributed by atoms with Gasteiger partial charge in [-0.2, -0.15) is 0 Å². The van der Waals surface area contributed by atoms with Crippen molar-refractivity contribution in [3.63, 3.8) is 0 Å². The topological polar surface area (TPSA) is 35.2 Å². The van der Waals surface area contributed by atoms with Gasteiger partial charge in [-0.1, -0.05) is 30.1 Å². The molecule has 1 rings (SSSR count). The van der Waals surface area contributed by atoms with Crippen LogP contribution in [-0.4, -0.2) is 7.11 Å². The molecule has 0 aliphatic carbocycles. The molecule has 1 aromatic carbocycles. The maximum absolute atomic E-state index is 6.01. The Labute approximate surface area is 94.0 Å². The normalized spacial score (nSPS) is 12.6. The maximum Gasteiger partial charge on any atom is 0.137 e. The third-order valence-corrected chi connectivity index (χ3v) is 2.73. The van der Waals surface area contributed by atoms with Crippen LogP contribution in [0.25, 0.3) is 0 Å². The van der Waals surface area contributed by atoms with Crippen LogP contribution in [0.2, 0.25) is 10.0 Å². The van der Waals surface area contributed by atoms with E-state index >= 15 is 0 Å². The lowest BCUT2D eigenvalue weighted by molar-refractivity contribution is 0.414. The van der Waals surface area contributed by atoms with Crippen LogP contribution in [0.3, 0.4) is 0 Å². The molecule has 0 saturated heterocycles. The predicted molar refractivity (Wildman–Crippen MR) is 60.2 cm³/mol. The van der Waals surface area contributed by atoms with Crippen molar-refractivity contribution in [3.05, 3.63) is 27.7 Å². The van der Waals surface area contributed by atoms with Crippen LogP contribution in [0.5, 0.6) is 5.75 Å². The van der Waals surface area contributed by atoms with Gasteiger partial charge in [0.15, 0.2) is 0 Å². The van der Waals surface area contributed by atoms with Crippen molar-refractivity contribution in [1.82, 2.24) is 0 Å². The molecule has 2 N–H and O–H groups in total. The summed E-state index contributed by atoms with van der Waals surface area (Å²) >= 11 is 11.9. The number of ether oxygens (including phenoxy) is 1. The van der Waals surface area contributed by atoms with E-state index in [4.69, 9.17) is 33.7 Å². The third kappa shape index (κ3) is 2.32. The number of hydrogen-bond donors (Lipinski definition) is 1. The summed E-state index contributed by atoms with van der Waals surface area (Å²) < 4.78 is 5.09. The quantitative estimate of drug-likeness (QED) is 0.869. The van der Waals surface area contributed by atoms with Gasteiger partial charge in [-0.3, -0.25) is 0 Å². The Bertz CT molecular complexity index is 328. The minimum absolute atomic E-state index is 0.0753. The second kappa shape index (κ2) is 4.87. The van der Waals surface area contributed by atoms with Gasteiger partial charge in [0.25, 0.3) is 0 Å². The van der Waals surface area contributed by atoms with E-state index in [1.165, 1.54) is 0 Å². The lowest BCUT2D eigenvalue weighted by Gasteiger charge is -2.13. The van der Waals surface area contributed by atoms with Gasteiger partial charge in [0.1, 0.15) is 5.75 Å². The van der Waals surface area contributed by atoms with Gasteiger partial charge < -0.3 is 10.5 Å². The first kappa shape index (κ1) is 11.6. The average molecular weight is 234 g/mol. The molecular weight excluding hydrogens is 221 g/mol. The molecule has 0 aliphatic heterocycles. The molecular formula is C10H13Cl2NO. The van der Waals surface area contributed by atoms with E-state index in [0.29, 0.717) is 15.8 Å². The fraction of sp³-hybridized carbons (Fsp3) is 0.400. The summed E-state index contributed by atoms with van der Waals surface area (Å²) in [5.74, 6) is 0.606. The Hall–Kier alpha value is -0.440. The zero-order chi connectivity index (χ0) is 10.7. The highest BCUT2D eigenvalue weighted by molar-refractivity contribution is 6.36. The Kier molecular flexibility index (Phi) is 4.05. The molecule has 78 valence electrons. The standard InChI is InChI=1S/C10H13Cl2NO/c1-3-9(13)6-4-10(14-2)8(12)5-7(6)11/h4-5,9H,3,13H2,1-2H3. The molecule has 1 atom stereocenters. The molecule has 0 fully saturated rings. The first-order valence-electron chi connectivity index (χ1n) is 4.38. The largest absolute Gasteiger partial charge is 0.495 e. The fourth-order valence-corrected chi connectivity index (χ4v) is 1.81. The number of hydrogen-bond acceptors (Lipinski definition) is 2. The molecule has 2 nitrogen and oxygen atoms in total. The highest BCUT2D eigenvalue weighted by atomic mass is 35.5. The van der Waals surface area contributed by atoms with Crippen molar-refractivity contribution in [2.75, 3.05) is 7.11 Å². The van der Waals surface area contributed by atoms with Gasteiger partial charge in [-0.05, 0) is 24.1 Å². The van der Waals surface area contributed by atoms with Crippen molar-refractivity contribution >= 4 is 23.2 Å². The summed E-state index contributed by atoms with van der Waals surface area (Å²) in [5.41, 5.74) is 6.76. The van der Waals surface area contributed by atoms with Crippen LogP contribution in [0.15, 0.2) is 12.1 Å². The van der Waals surface area contributed by atoms with Crippen molar-refractivity contribution in [2.24, 2.45) is 5.73 Å². The summed E-state index contributed by atoms with van der Waals surface area (Å²) in [6.07, 6.45) is 0.824. The molecule has 0 radical (unpaired) electrons. The molecule has 0 saturated carbocycles. The van der Waals surface area contributed by atoms with Gasteiger partial charge in [0.2, 0.25) is 0 Å². The van der Waals surface area contributed by atoms with E-state index in [-0.39, 0.29) is 6.04 Å². The highest BCUT2D eigenvalue weighted by Gasteiger charge is 2.12. The Balaban J connectivity index is 3.17. The van der Waals surface area contributed by atoms with Gasteiger partial charge >= 0.3 is 0 Å². The monoisotopic (exact) mass is 233 g/mol. The first-order chi connectivity index (χ1) is 6.60. The zero-order valence-corrected chi connectivity index (χ0v) is 9.69. The van der Waals surface area contributed by atoms with Crippen molar-refractivity contribution in [1.29, 1.82) is 0 Å². The molecule has 0 aliphatic rings. The van der Waals surface area contributed by atoms with E-state index in [1.807, 2.05) is 6.92 Å². The summed E-state index contributed by atoms with van der Waals surface area (Å²) in [4.78, 5) is 0. The fourth-order valence-electron chi connectivity index (χ4n) is 1.21. The lowest BCUT2D eigenvalue weighted by Crippen LogP contribution is -2.09. The Morgan fingerprint density at radius 1 is 1.36 bits per heavy atom. The summed E-state index contributed by atoms with van der Waals surface area (Å²) in [7, 11) is 1.57. The van der Waals surface area contributed by atoms with Gasteiger partial charge in [-0.15, -0.1) is 0 Å². The van der Waals surface area contributed by atoms with Crippen molar-refractivity contribution in [3.8, 4) is 5.75 Å². The number of nitrogens with two attached hydrogens (primary N) is 1. The predicted octanol–water partition coefficient (Wildman–Crippen LogP) is 3.41. The van der Waals surface area contributed by atoms with Crippen LogP contribution in [0.1, 0.15) is 24.9 Å². The molecule has 0 amide bonds. The van der Waals surface area contributed by atoms with E-state index in [2.05, 4.69) is 0 Å². The van der Waals surface area contributed by atoms with Crippen molar-refractivity contribution in [2.45, 2.75) is 19.4 Å². The molecule has 14 heavy (non-hydrogen) atoms. The maximum atomic E-state index is 6.01. The van der Waals surface area contributed by atoms with Crippen molar-refractivity contribution < 1.29 is 4.74 Å². The second-order valence-electron chi connectivity index (χ2n) is 3.02. The molecule has 0 heterocycles. The molecule has 4 heteroatoms. The van der Waals surface area contributed by atoms with Crippen LogP contribution in [0.4, 0.5) is 0 Å². The molecule has 0 spiro atoms. The average Bonchev–Trinajstić information content (AvgIpc) is 2.17. The van der Waals surface area contributed by atoms with E-state index in [1.54, 1.807) is 19.2 Å². The van der Waals surface area contributed by atoms with E-state index in [0.717, 1.165) is 12.0 Å². The highest BCUT2D eigenvalue weighted by Crippen LogP contribution is 2.33. The number of benzene rings is 1. The minimum Gasteiger partial charge on any atom is -0.495 e. The SMILES string of the molecule is CCC(N)c1cc(OC)c(Cl)cc1Cl. The third-order valence-electron chi connectivity index (χ3n) is 2.11. The molecule has 1 aromatic rings. The minimum atomic E-state index is -0.0753. The van der Waals surface area contributed by atoms with Crippen LogP contribution >= 0.6 is 23.2 Å². The number of methoxy groups -OCH3 is 1. The second-order valence-corrected chi connectivity index (χ2v) is 3.84. The van der Waals surface area contributed by atoms with Gasteiger partial charge in [0.05, 0.1) is 12.1 Å². The summed E-state index contributed by atoms with van der Waals surface area (Å²) in [6, 6.07) is 3.37. The summed E-state index contributed by atoms with van der Waals surface area (Å²) in [6.45, 7) is 2.00. The van der Waals surface area contributed by atoms with E-state index < -0.39 is 0 Å². The smallest absolute Gasteiger partial charge is 0.137 e. The molecule has 0 aromatic heterocycles. The Morgan fingerprint density at radius 2 is 2.00 bits per heavy atom. The zero-order valence-electron chi connectivity index (χ0n) is 8.18. The van der Waals surface area contributed by atoms with Gasteiger partial charge in [0, 0.05) is 11.1 Å². The molecule has 1 unspecified atom stereocenters. The number of rotatable bonds is 3.